The molecule has 0 spiro atoms. The van der Waals surface area contributed by atoms with Crippen molar-refractivity contribution in [3.8, 4) is 11.6 Å². The quantitative estimate of drug-likeness (QED) is 0.679. The van der Waals surface area contributed by atoms with Crippen LogP contribution in [0.2, 0.25) is 5.02 Å². The Hall–Kier alpha value is -2.86. The molecule has 1 heterocycles. The minimum Gasteiger partial charge on any atom is -0.539 e. The summed E-state index contributed by atoms with van der Waals surface area (Å²) < 4.78 is 6.15. The molecule has 0 aliphatic rings. The number of nitrogens with zero attached hydrogens (tertiary/aromatic N) is 3. The Morgan fingerprint density at radius 3 is 2.71 bits per heavy atom. The number of benzene rings is 2. The van der Waals surface area contributed by atoms with Crippen LogP contribution >= 0.6 is 11.6 Å². The van der Waals surface area contributed by atoms with E-state index in [-0.39, 0.29) is 18.1 Å². The number of hydrogen-bond acceptors (Lipinski definition) is 4. The Morgan fingerprint density at radius 1 is 1.25 bits per heavy atom. The fourth-order valence-corrected chi connectivity index (χ4v) is 2.50. The largest absolute Gasteiger partial charge is 0.539 e. The molecule has 1 amide bonds. The molecule has 1 aromatic heterocycles. The molecule has 2 aromatic carbocycles. The first-order valence-corrected chi connectivity index (χ1v) is 7.58. The third-order valence-electron chi connectivity index (χ3n) is 3.50. The van der Waals surface area contributed by atoms with Gasteiger partial charge in [0.2, 0.25) is 5.69 Å². The van der Waals surface area contributed by atoms with E-state index in [0.717, 1.165) is 0 Å². The van der Waals surface area contributed by atoms with Crippen LogP contribution in [0, 0.1) is 0 Å². The fraction of sp³-hybridized carbons (Fsp3) is 0.118. The van der Waals surface area contributed by atoms with Gasteiger partial charge in [-0.25, -0.2) is 0 Å². The van der Waals surface area contributed by atoms with E-state index >= 15 is 0 Å². The number of hydrogen-bond donors (Lipinski definition) is 0. The maximum Gasteiger partial charge on any atom is 0.259 e. The summed E-state index contributed by atoms with van der Waals surface area (Å²) in [5.74, 6) is -0.831. The summed E-state index contributed by atoms with van der Waals surface area (Å²) >= 11 is 5.92. The summed E-state index contributed by atoms with van der Waals surface area (Å²) in [6.07, 6.45) is 0. The van der Waals surface area contributed by atoms with E-state index in [1.807, 2.05) is 18.2 Å². The van der Waals surface area contributed by atoms with Crippen LogP contribution in [0.3, 0.4) is 0 Å². The van der Waals surface area contributed by atoms with Crippen molar-refractivity contribution in [2.75, 3.05) is 7.05 Å². The van der Waals surface area contributed by atoms with Crippen LogP contribution < -0.4 is 9.79 Å². The summed E-state index contributed by atoms with van der Waals surface area (Å²) in [5.41, 5.74) is 1.39. The highest BCUT2D eigenvalue weighted by Crippen LogP contribution is 2.16. The second-order valence-corrected chi connectivity index (χ2v) is 5.66. The second kappa shape index (κ2) is 6.72. The van der Waals surface area contributed by atoms with Gasteiger partial charge in [0.05, 0.1) is 5.27 Å². The molecule has 0 aliphatic heterocycles. The first kappa shape index (κ1) is 16.0. The Kier molecular flexibility index (Phi) is 4.48. The average Bonchev–Trinajstić information content (AvgIpc) is 2.95. The average molecular weight is 344 g/mol. The van der Waals surface area contributed by atoms with E-state index in [0.29, 0.717) is 16.3 Å². The van der Waals surface area contributed by atoms with E-state index in [1.165, 1.54) is 9.58 Å². The third kappa shape index (κ3) is 3.23. The summed E-state index contributed by atoms with van der Waals surface area (Å²) in [6, 6.07) is 15.7. The number of carbonyl (C=O) groups excluding carboxylic acids is 1. The van der Waals surface area contributed by atoms with Crippen molar-refractivity contribution in [3.05, 3.63) is 70.9 Å². The maximum atomic E-state index is 12.5. The molecule has 24 heavy (non-hydrogen) atoms. The van der Waals surface area contributed by atoms with Crippen molar-refractivity contribution in [3.63, 3.8) is 0 Å². The minimum absolute atomic E-state index is 0.0581. The van der Waals surface area contributed by atoms with Crippen molar-refractivity contribution in [1.82, 2.24) is 10.2 Å². The zero-order valence-corrected chi connectivity index (χ0v) is 13.6. The van der Waals surface area contributed by atoms with E-state index in [9.17, 15) is 9.90 Å². The van der Waals surface area contributed by atoms with Gasteiger partial charge in [0.1, 0.15) is 6.54 Å². The van der Waals surface area contributed by atoms with Gasteiger partial charge in [0.15, 0.2) is 5.95 Å². The molecule has 0 fully saturated rings. The summed E-state index contributed by atoms with van der Waals surface area (Å²) in [7, 11) is 1.60. The van der Waals surface area contributed by atoms with Crippen molar-refractivity contribution >= 4 is 17.5 Å². The standard InChI is InChI=1S/C17H14ClN3O3/c1-20(16(22)12-6-5-7-13(18)10-12)11-15-17(23)24-19-21(15)14-8-3-2-4-9-14/h2-10H,11H2,1H3. The SMILES string of the molecule is CN(Cc1c([O-])on[n+]1-c1ccccc1)C(=O)c1cccc(Cl)c1. The zero-order chi connectivity index (χ0) is 17.1. The van der Waals surface area contributed by atoms with Gasteiger partial charge in [-0.3, -0.25) is 4.79 Å². The second-order valence-electron chi connectivity index (χ2n) is 5.23. The van der Waals surface area contributed by atoms with Crippen LogP contribution in [0.1, 0.15) is 16.1 Å². The molecular formula is C17H14ClN3O3. The molecule has 0 bridgehead atoms. The van der Waals surface area contributed by atoms with Crippen molar-refractivity contribution in [1.29, 1.82) is 0 Å². The predicted molar refractivity (Wildman–Crippen MR) is 84.7 cm³/mol. The molecule has 0 N–H and O–H groups in total. The number of aromatic nitrogens is 2. The summed E-state index contributed by atoms with van der Waals surface area (Å²) in [5, 5.41) is 16.2. The summed E-state index contributed by atoms with van der Waals surface area (Å²) in [6.45, 7) is 0.0581. The van der Waals surface area contributed by atoms with Crippen molar-refractivity contribution in [2.45, 2.75) is 6.54 Å². The molecule has 0 radical (unpaired) electrons. The van der Waals surface area contributed by atoms with Gasteiger partial charge < -0.3 is 14.5 Å². The molecule has 3 rings (SSSR count). The van der Waals surface area contributed by atoms with Crippen LogP contribution in [0.25, 0.3) is 5.69 Å². The number of rotatable bonds is 4. The number of halogens is 1. The van der Waals surface area contributed by atoms with Crippen LogP contribution in [0.4, 0.5) is 0 Å². The smallest absolute Gasteiger partial charge is 0.259 e. The molecule has 0 atom stereocenters. The predicted octanol–water partition coefficient (Wildman–Crippen LogP) is 1.95. The molecular weight excluding hydrogens is 330 g/mol. The van der Waals surface area contributed by atoms with Crippen LogP contribution in [-0.4, -0.2) is 23.1 Å². The van der Waals surface area contributed by atoms with E-state index in [4.69, 9.17) is 16.1 Å². The molecule has 122 valence electrons. The molecule has 3 aromatic rings. The lowest BCUT2D eigenvalue weighted by atomic mass is 10.2. The lowest BCUT2D eigenvalue weighted by Gasteiger charge is -2.15. The minimum atomic E-state index is -0.579. The first-order chi connectivity index (χ1) is 11.6. The van der Waals surface area contributed by atoms with Crippen LogP contribution in [-0.2, 0) is 6.54 Å². The van der Waals surface area contributed by atoms with Gasteiger partial charge in [-0.1, -0.05) is 35.9 Å². The number of amides is 1. The Bertz CT molecular complexity index is 865. The van der Waals surface area contributed by atoms with Gasteiger partial charge in [-0.2, -0.15) is 0 Å². The van der Waals surface area contributed by atoms with Crippen LogP contribution in [0.5, 0.6) is 5.95 Å². The van der Waals surface area contributed by atoms with Gasteiger partial charge in [-0.15, -0.1) is 0 Å². The molecule has 0 saturated heterocycles. The van der Waals surface area contributed by atoms with E-state index < -0.39 is 5.95 Å². The monoisotopic (exact) mass is 343 g/mol. The number of para-hydroxylation sites is 1. The molecule has 7 heteroatoms. The third-order valence-corrected chi connectivity index (χ3v) is 3.74. The van der Waals surface area contributed by atoms with Crippen molar-refractivity contribution in [2.24, 2.45) is 0 Å². The molecule has 6 nitrogen and oxygen atoms in total. The molecule has 0 saturated carbocycles. The Labute approximate surface area is 143 Å². The summed E-state index contributed by atoms with van der Waals surface area (Å²) in [4.78, 5) is 13.9. The maximum absolute atomic E-state index is 12.5. The van der Waals surface area contributed by atoms with Gasteiger partial charge in [0.25, 0.3) is 11.6 Å². The normalized spacial score (nSPS) is 10.6. The van der Waals surface area contributed by atoms with E-state index in [1.54, 1.807) is 43.4 Å². The lowest BCUT2D eigenvalue weighted by molar-refractivity contribution is -0.678. The fourth-order valence-electron chi connectivity index (χ4n) is 2.31. The Morgan fingerprint density at radius 2 is 2.00 bits per heavy atom. The highest BCUT2D eigenvalue weighted by molar-refractivity contribution is 6.30. The van der Waals surface area contributed by atoms with Gasteiger partial charge in [0, 0.05) is 29.8 Å². The molecule has 0 aliphatic carbocycles. The zero-order valence-electron chi connectivity index (χ0n) is 12.8. The van der Waals surface area contributed by atoms with Gasteiger partial charge in [-0.05, 0) is 22.9 Å². The highest BCUT2D eigenvalue weighted by Gasteiger charge is 2.24. The molecule has 0 unspecified atom stereocenters. The van der Waals surface area contributed by atoms with E-state index in [2.05, 4.69) is 5.27 Å². The van der Waals surface area contributed by atoms with Crippen LogP contribution in [0.15, 0.2) is 59.1 Å². The van der Waals surface area contributed by atoms with Gasteiger partial charge >= 0.3 is 0 Å². The number of carbonyl (C=O) groups is 1. The lowest BCUT2D eigenvalue weighted by Crippen LogP contribution is -2.40. The van der Waals surface area contributed by atoms with Crippen molar-refractivity contribution < 1.29 is 19.1 Å². The first-order valence-electron chi connectivity index (χ1n) is 7.20. The topological polar surface area (TPSA) is 73.3 Å². The Balaban J connectivity index is 1.86. The highest BCUT2D eigenvalue weighted by atomic mass is 35.5.